The van der Waals surface area contributed by atoms with Gasteiger partial charge in [0.15, 0.2) is 0 Å². The third-order valence-corrected chi connectivity index (χ3v) is 1.52. The number of hydrogen-bond donors (Lipinski definition) is 1. The second-order valence-corrected chi connectivity index (χ2v) is 2.44. The van der Waals surface area contributed by atoms with Crippen molar-refractivity contribution in [1.82, 2.24) is 19.9 Å². The van der Waals surface area contributed by atoms with Gasteiger partial charge in [-0.1, -0.05) is 0 Å². The number of aromatic amines is 1. The van der Waals surface area contributed by atoms with Gasteiger partial charge in [-0.05, 0) is 0 Å². The van der Waals surface area contributed by atoms with E-state index in [1.165, 1.54) is 12.5 Å². The number of H-pyrrole nitrogens is 1. The molecule has 0 fully saturated rings. The van der Waals surface area contributed by atoms with Gasteiger partial charge in [0.05, 0.1) is 18.1 Å². The molecule has 2 rings (SSSR count). The van der Waals surface area contributed by atoms with Crippen LogP contribution in [0.1, 0.15) is 0 Å². The number of aromatic nitrogens is 4. The van der Waals surface area contributed by atoms with Gasteiger partial charge in [0.25, 0.3) is 5.56 Å². The lowest BCUT2D eigenvalue weighted by Crippen LogP contribution is -2.05. The van der Waals surface area contributed by atoms with Crippen LogP contribution >= 0.6 is 0 Å². The topological polar surface area (TPSA) is 71.5 Å². The van der Waals surface area contributed by atoms with Crippen molar-refractivity contribution in [1.29, 1.82) is 0 Å². The molecule has 0 aliphatic heterocycles. The molecule has 0 aliphatic rings. The highest BCUT2D eigenvalue weighted by Gasteiger charge is 1.97. The molecule has 0 amide bonds. The third-order valence-electron chi connectivity index (χ3n) is 1.52. The molecule has 13 heavy (non-hydrogen) atoms. The SMILES string of the molecule is O=c1cncc(-c2cncnc2)[nH]1. The van der Waals surface area contributed by atoms with Gasteiger partial charge in [-0.3, -0.25) is 9.78 Å². The molecule has 64 valence electrons. The van der Waals surface area contributed by atoms with Crippen LogP contribution in [0.15, 0.2) is 35.9 Å². The lowest BCUT2D eigenvalue weighted by atomic mass is 10.2. The minimum Gasteiger partial charge on any atom is -0.319 e. The van der Waals surface area contributed by atoms with Crippen LogP contribution in [0.4, 0.5) is 0 Å². The Morgan fingerprint density at radius 2 is 1.77 bits per heavy atom. The Morgan fingerprint density at radius 1 is 1.00 bits per heavy atom. The average molecular weight is 174 g/mol. The van der Waals surface area contributed by atoms with Gasteiger partial charge in [-0.25, -0.2) is 9.97 Å². The van der Waals surface area contributed by atoms with Crippen LogP contribution in [0, 0.1) is 0 Å². The zero-order valence-corrected chi connectivity index (χ0v) is 6.64. The predicted octanol–water partition coefficient (Wildman–Crippen LogP) is 0.227. The maximum absolute atomic E-state index is 10.9. The van der Waals surface area contributed by atoms with Crippen LogP contribution in [0.2, 0.25) is 0 Å². The molecule has 0 spiro atoms. The summed E-state index contributed by atoms with van der Waals surface area (Å²) in [5.74, 6) is 0. The van der Waals surface area contributed by atoms with E-state index in [4.69, 9.17) is 0 Å². The standard InChI is InChI=1S/C8H6N4O/c13-8-4-9-3-7(12-8)6-1-10-5-11-2-6/h1-5H,(H,12,13). The Morgan fingerprint density at radius 3 is 2.46 bits per heavy atom. The molecule has 0 aromatic carbocycles. The lowest BCUT2D eigenvalue weighted by Gasteiger charge is -1.96. The molecular formula is C8H6N4O. The number of nitrogens with zero attached hydrogens (tertiary/aromatic N) is 3. The summed E-state index contributed by atoms with van der Waals surface area (Å²) < 4.78 is 0. The van der Waals surface area contributed by atoms with E-state index in [1.54, 1.807) is 18.6 Å². The zero-order chi connectivity index (χ0) is 9.10. The lowest BCUT2D eigenvalue weighted by molar-refractivity contribution is 1.11. The van der Waals surface area contributed by atoms with E-state index in [0.29, 0.717) is 5.69 Å². The fraction of sp³-hybridized carbons (Fsp3) is 0. The summed E-state index contributed by atoms with van der Waals surface area (Å²) in [6.07, 6.45) is 7.42. The van der Waals surface area contributed by atoms with Crippen molar-refractivity contribution in [2.24, 2.45) is 0 Å². The molecule has 1 N–H and O–H groups in total. The van der Waals surface area contributed by atoms with Crippen molar-refractivity contribution >= 4 is 0 Å². The maximum atomic E-state index is 10.9. The highest BCUT2D eigenvalue weighted by molar-refractivity contribution is 5.54. The Kier molecular flexibility index (Phi) is 1.84. The number of hydrogen-bond acceptors (Lipinski definition) is 4. The van der Waals surface area contributed by atoms with Gasteiger partial charge < -0.3 is 4.98 Å². The molecule has 2 aromatic heterocycles. The first-order valence-corrected chi connectivity index (χ1v) is 3.66. The monoisotopic (exact) mass is 174 g/mol. The van der Waals surface area contributed by atoms with Crippen molar-refractivity contribution in [3.8, 4) is 11.3 Å². The third kappa shape index (κ3) is 1.58. The average Bonchev–Trinajstić information content (AvgIpc) is 2.19. The van der Waals surface area contributed by atoms with Crippen LogP contribution in [-0.4, -0.2) is 19.9 Å². The Hall–Kier alpha value is -2.04. The van der Waals surface area contributed by atoms with Crippen LogP contribution < -0.4 is 5.56 Å². The fourth-order valence-corrected chi connectivity index (χ4v) is 0.962. The molecule has 0 aliphatic carbocycles. The van der Waals surface area contributed by atoms with Crippen molar-refractivity contribution in [3.05, 3.63) is 41.5 Å². The van der Waals surface area contributed by atoms with Crippen molar-refractivity contribution < 1.29 is 0 Å². The molecule has 2 heterocycles. The molecule has 2 aromatic rings. The highest BCUT2D eigenvalue weighted by atomic mass is 16.1. The molecule has 5 nitrogen and oxygen atoms in total. The summed E-state index contributed by atoms with van der Waals surface area (Å²) >= 11 is 0. The summed E-state index contributed by atoms with van der Waals surface area (Å²) in [5, 5.41) is 0. The maximum Gasteiger partial charge on any atom is 0.266 e. The summed E-state index contributed by atoms with van der Waals surface area (Å²) in [7, 11) is 0. The molecule has 0 saturated carbocycles. The minimum atomic E-state index is -0.235. The molecule has 0 atom stereocenters. The van der Waals surface area contributed by atoms with Crippen molar-refractivity contribution in [3.63, 3.8) is 0 Å². The Bertz CT molecular complexity index is 451. The highest BCUT2D eigenvalue weighted by Crippen LogP contribution is 2.09. The van der Waals surface area contributed by atoms with E-state index in [9.17, 15) is 4.79 Å². The molecule has 0 unspecified atom stereocenters. The molecule has 0 radical (unpaired) electrons. The van der Waals surface area contributed by atoms with E-state index < -0.39 is 0 Å². The van der Waals surface area contributed by atoms with Crippen LogP contribution in [0.5, 0.6) is 0 Å². The first-order valence-electron chi connectivity index (χ1n) is 3.66. The molecule has 5 heteroatoms. The Labute approximate surface area is 73.5 Å². The van der Waals surface area contributed by atoms with Gasteiger partial charge in [0.1, 0.15) is 6.33 Å². The molecule has 0 saturated heterocycles. The van der Waals surface area contributed by atoms with Gasteiger partial charge in [0.2, 0.25) is 0 Å². The fourth-order valence-electron chi connectivity index (χ4n) is 0.962. The van der Waals surface area contributed by atoms with Crippen LogP contribution in [0.25, 0.3) is 11.3 Å². The summed E-state index contributed by atoms with van der Waals surface area (Å²) in [4.78, 5) is 25.0. The smallest absolute Gasteiger partial charge is 0.266 e. The normalized spacial score (nSPS) is 9.85. The minimum absolute atomic E-state index is 0.235. The van der Waals surface area contributed by atoms with Gasteiger partial charge in [-0.2, -0.15) is 0 Å². The first-order chi connectivity index (χ1) is 6.36. The second kappa shape index (κ2) is 3.14. The molecular weight excluding hydrogens is 168 g/mol. The van der Waals surface area contributed by atoms with E-state index in [0.717, 1.165) is 5.56 Å². The summed E-state index contributed by atoms with van der Waals surface area (Å²) in [6.45, 7) is 0. The van der Waals surface area contributed by atoms with E-state index in [-0.39, 0.29) is 5.56 Å². The van der Waals surface area contributed by atoms with Crippen LogP contribution in [0.3, 0.4) is 0 Å². The number of rotatable bonds is 1. The number of nitrogens with one attached hydrogen (secondary N) is 1. The zero-order valence-electron chi connectivity index (χ0n) is 6.64. The van der Waals surface area contributed by atoms with E-state index >= 15 is 0 Å². The van der Waals surface area contributed by atoms with Gasteiger partial charge >= 0.3 is 0 Å². The van der Waals surface area contributed by atoms with Gasteiger partial charge in [-0.15, -0.1) is 0 Å². The summed E-state index contributed by atoms with van der Waals surface area (Å²) in [6, 6.07) is 0. The second-order valence-electron chi connectivity index (χ2n) is 2.44. The summed E-state index contributed by atoms with van der Waals surface area (Å²) in [5.41, 5.74) is 1.13. The predicted molar refractivity (Wildman–Crippen MR) is 45.9 cm³/mol. The van der Waals surface area contributed by atoms with E-state index in [1.807, 2.05) is 0 Å². The van der Waals surface area contributed by atoms with Crippen molar-refractivity contribution in [2.45, 2.75) is 0 Å². The van der Waals surface area contributed by atoms with Gasteiger partial charge in [0, 0.05) is 18.0 Å². The quantitative estimate of drug-likeness (QED) is 0.671. The molecule has 0 bridgehead atoms. The first kappa shape index (κ1) is 7.60. The largest absolute Gasteiger partial charge is 0.319 e. The Balaban J connectivity index is 2.54. The van der Waals surface area contributed by atoms with Crippen LogP contribution in [-0.2, 0) is 0 Å². The van der Waals surface area contributed by atoms with Crippen molar-refractivity contribution in [2.75, 3.05) is 0 Å². The van der Waals surface area contributed by atoms with E-state index in [2.05, 4.69) is 19.9 Å².